The van der Waals surface area contributed by atoms with Gasteiger partial charge in [0.1, 0.15) is 5.82 Å². The van der Waals surface area contributed by atoms with Crippen molar-refractivity contribution in [1.82, 2.24) is 5.32 Å². The van der Waals surface area contributed by atoms with Crippen LogP contribution in [0.2, 0.25) is 5.02 Å². The number of ether oxygens (including phenoxy) is 1. The predicted molar refractivity (Wildman–Crippen MR) is 85.4 cm³/mol. The molecule has 2 unspecified atom stereocenters. The Bertz CT molecular complexity index is 435. The van der Waals surface area contributed by atoms with Crippen molar-refractivity contribution in [2.24, 2.45) is 0 Å². The van der Waals surface area contributed by atoms with Gasteiger partial charge in [0, 0.05) is 12.6 Å². The number of rotatable bonds is 8. The highest BCUT2D eigenvalue weighted by Gasteiger charge is 2.19. The second-order valence-corrected chi connectivity index (χ2v) is 6.16. The van der Waals surface area contributed by atoms with Crippen LogP contribution >= 0.6 is 11.6 Å². The van der Waals surface area contributed by atoms with Crippen LogP contribution in [0.5, 0.6) is 0 Å². The lowest BCUT2D eigenvalue weighted by molar-refractivity contribution is 0.0995. The molecule has 1 saturated heterocycles. The fourth-order valence-corrected chi connectivity index (χ4v) is 3.06. The van der Waals surface area contributed by atoms with Gasteiger partial charge >= 0.3 is 0 Å². The molecular formula is C17H25ClFNO. The van der Waals surface area contributed by atoms with Crippen LogP contribution in [-0.2, 0) is 11.2 Å². The summed E-state index contributed by atoms with van der Waals surface area (Å²) in [5.41, 5.74) is 0.887. The van der Waals surface area contributed by atoms with Crippen LogP contribution in [-0.4, -0.2) is 25.3 Å². The van der Waals surface area contributed by atoms with Crippen molar-refractivity contribution >= 4 is 11.6 Å². The standard InChI is InChI=1S/C17H25ClFNO/c1-2-10-20-14(8-9-15-6-4-11-21-15)12-13-5-3-7-16(19)17(13)18/h3,5,7,14-15,20H,2,4,6,8-12H2,1H3. The highest BCUT2D eigenvalue weighted by molar-refractivity contribution is 6.31. The summed E-state index contributed by atoms with van der Waals surface area (Å²) in [6, 6.07) is 5.38. The fraction of sp³-hybridized carbons (Fsp3) is 0.647. The number of benzene rings is 1. The van der Waals surface area contributed by atoms with Crippen LogP contribution in [0.3, 0.4) is 0 Å². The Kier molecular flexibility index (Phi) is 6.94. The molecule has 4 heteroatoms. The first-order chi connectivity index (χ1) is 10.2. The van der Waals surface area contributed by atoms with E-state index in [0.717, 1.165) is 44.4 Å². The minimum atomic E-state index is -0.331. The molecule has 1 aromatic rings. The maximum absolute atomic E-state index is 13.5. The van der Waals surface area contributed by atoms with Crippen LogP contribution in [0.1, 0.15) is 44.6 Å². The molecular weight excluding hydrogens is 289 g/mol. The van der Waals surface area contributed by atoms with Crippen molar-refractivity contribution in [2.75, 3.05) is 13.2 Å². The van der Waals surface area contributed by atoms with Gasteiger partial charge in [0.05, 0.1) is 11.1 Å². The largest absolute Gasteiger partial charge is 0.378 e. The van der Waals surface area contributed by atoms with E-state index in [1.807, 2.05) is 6.07 Å². The van der Waals surface area contributed by atoms with E-state index in [1.54, 1.807) is 6.07 Å². The van der Waals surface area contributed by atoms with Crippen LogP contribution < -0.4 is 5.32 Å². The molecule has 118 valence electrons. The molecule has 2 rings (SSSR count). The molecule has 0 spiro atoms. The zero-order chi connectivity index (χ0) is 15.1. The first-order valence-corrected chi connectivity index (χ1v) is 8.36. The quantitative estimate of drug-likeness (QED) is 0.770. The fourth-order valence-electron chi connectivity index (χ4n) is 2.86. The maximum Gasteiger partial charge on any atom is 0.142 e. The molecule has 0 radical (unpaired) electrons. The molecule has 0 amide bonds. The monoisotopic (exact) mass is 313 g/mol. The predicted octanol–water partition coefficient (Wildman–Crippen LogP) is 4.35. The Morgan fingerprint density at radius 1 is 1.48 bits per heavy atom. The first-order valence-electron chi connectivity index (χ1n) is 7.98. The van der Waals surface area contributed by atoms with E-state index in [2.05, 4.69) is 12.2 Å². The molecule has 1 heterocycles. The Balaban J connectivity index is 1.92. The lowest BCUT2D eigenvalue weighted by Crippen LogP contribution is -2.32. The van der Waals surface area contributed by atoms with Crippen LogP contribution in [0.15, 0.2) is 18.2 Å². The topological polar surface area (TPSA) is 21.3 Å². The first kappa shape index (κ1) is 16.7. The molecule has 1 aromatic carbocycles. The average Bonchev–Trinajstić information content (AvgIpc) is 2.99. The highest BCUT2D eigenvalue weighted by atomic mass is 35.5. The van der Waals surface area contributed by atoms with E-state index >= 15 is 0 Å². The molecule has 1 aliphatic heterocycles. The Hall–Kier alpha value is -0.640. The lowest BCUT2D eigenvalue weighted by atomic mass is 9.99. The molecule has 1 aliphatic rings. The summed E-state index contributed by atoms with van der Waals surface area (Å²) in [6.07, 6.45) is 6.70. The zero-order valence-corrected chi connectivity index (χ0v) is 13.5. The van der Waals surface area contributed by atoms with Gasteiger partial charge in [-0.15, -0.1) is 0 Å². The average molecular weight is 314 g/mol. The molecule has 21 heavy (non-hydrogen) atoms. The van der Waals surface area contributed by atoms with E-state index in [9.17, 15) is 4.39 Å². The number of hydrogen-bond acceptors (Lipinski definition) is 2. The van der Waals surface area contributed by atoms with Gasteiger partial charge in [-0.1, -0.05) is 30.7 Å². The van der Waals surface area contributed by atoms with Crippen molar-refractivity contribution in [2.45, 2.75) is 57.6 Å². The van der Waals surface area contributed by atoms with Gasteiger partial charge in [-0.25, -0.2) is 4.39 Å². The number of hydrogen-bond donors (Lipinski definition) is 1. The summed E-state index contributed by atoms with van der Waals surface area (Å²) in [5.74, 6) is -0.331. The summed E-state index contributed by atoms with van der Waals surface area (Å²) in [7, 11) is 0. The smallest absolute Gasteiger partial charge is 0.142 e. The van der Waals surface area contributed by atoms with Crippen molar-refractivity contribution in [3.05, 3.63) is 34.6 Å². The Morgan fingerprint density at radius 3 is 3.05 bits per heavy atom. The van der Waals surface area contributed by atoms with Gasteiger partial charge in [-0.2, -0.15) is 0 Å². The van der Waals surface area contributed by atoms with Crippen LogP contribution in [0, 0.1) is 5.82 Å². The molecule has 0 saturated carbocycles. The second kappa shape index (κ2) is 8.72. The van der Waals surface area contributed by atoms with Crippen molar-refractivity contribution < 1.29 is 9.13 Å². The number of halogens is 2. The summed E-state index contributed by atoms with van der Waals surface area (Å²) in [4.78, 5) is 0. The second-order valence-electron chi connectivity index (χ2n) is 5.78. The molecule has 0 aromatic heterocycles. The summed E-state index contributed by atoms with van der Waals surface area (Å²) in [6.45, 7) is 4.02. The Labute approximate surface area is 132 Å². The van der Waals surface area contributed by atoms with Crippen molar-refractivity contribution in [3.63, 3.8) is 0 Å². The molecule has 0 bridgehead atoms. The van der Waals surface area contributed by atoms with Crippen LogP contribution in [0.25, 0.3) is 0 Å². The number of nitrogens with one attached hydrogen (secondary N) is 1. The van der Waals surface area contributed by atoms with Gasteiger partial charge in [0.25, 0.3) is 0 Å². The minimum Gasteiger partial charge on any atom is -0.378 e. The third-order valence-corrected chi connectivity index (χ3v) is 4.47. The molecule has 1 N–H and O–H groups in total. The Morgan fingerprint density at radius 2 is 2.33 bits per heavy atom. The summed E-state index contributed by atoms with van der Waals surface area (Å²) < 4.78 is 19.2. The van der Waals surface area contributed by atoms with E-state index in [-0.39, 0.29) is 10.8 Å². The third kappa shape index (κ3) is 5.24. The van der Waals surface area contributed by atoms with E-state index < -0.39 is 0 Å². The maximum atomic E-state index is 13.5. The van der Waals surface area contributed by atoms with E-state index in [4.69, 9.17) is 16.3 Å². The van der Waals surface area contributed by atoms with Gasteiger partial charge in [0.2, 0.25) is 0 Å². The zero-order valence-electron chi connectivity index (χ0n) is 12.7. The molecule has 2 atom stereocenters. The normalized spacial score (nSPS) is 19.9. The lowest BCUT2D eigenvalue weighted by Gasteiger charge is -2.21. The van der Waals surface area contributed by atoms with Gasteiger partial charge < -0.3 is 10.1 Å². The van der Waals surface area contributed by atoms with Gasteiger partial charge in [-0.05, 0) is 56.7 Å². The molecule has 0 aliphatic carbocycles. The van der Waals surface area contributed by atoms with Gasteiger partial charge in [-0.3, -0.25) is 0 Å². The van der Waals surface area contributed by atoms with E-state index in [0.29, 0.717) is 12.1 Å². The minimum absolute atomic E-state index is 0.262. The third-order valence-electron chi connectivity index (χ3n) is 4.04. The summed E-state index contributed by atoms with van der Waals surface area (Å²) in [5, 5.41) is 3.81. The van der Waals surface area contributed by atoms with Gasteiger partial charge in [0.15, 0.2) is 0 Å². The molecule has 1 fully saturated rings. The highest BCUT2D eigenvalue weighted by Crippen LogP contribution is 2.23. The summed E-state index contributed by atoms with van der Waals surface area (Å²) >= 11 is 6.07. The van der Waals surface area contributed by atoms with Crippen molar-refractivity contribution in [1.29, 1.82) is 0 Å². The van der Waals surface area contributed by atoms with Crippen LogP contribution in [0.4, 0.5) is 4.39 Å². The van der Waals surface area contributed by atoms with E-state index in [1.165, 1.54) is 18.9 Å². The van der Waals surface area contributed by atoms with Crippen molar-refractivity contribution in [3.8, 4) is 0 Å². The molecule has 2 nitrogen and oxygen atoms in total. The SMILES string of the molecule is CCCNC(CCC1CCCO1)Cc1cccc(F)c1Cl.